The first-order valence-electron chi connectivity index (χ1n) is 14.5. The summed E-state index contributed by atoms with van der Waals surface area (Å²) in [5, 5.41) is 10.2. The Morgan fingerprint density at radius 1 is 0.977 bits per heavy atom. The van der Waals surface area contributed by atoms with Crippen LogP contribution in [0, 0.1) is 5.82 Å². The molecule has 0 unspecified atom stereocenters. The zero-order valence-corrected chi connectivity index (χ0v) is 25.2. The average Bonchev–Trinajstić information content (AvgIpc) is 3.00. The Bertz CT molecular complexity index is 1610. The fourth-order valence-electron chi connectivity index (χ4n) is 4.82. The first-order chi connectivity index (χ1) is 21.3. The predicted molar refractivity (Wildman–Crippen MR) is 170 cm³/mol. The van der Waals surface area contributed by atoms with Gasteiger partial charge in [0.2, 0.25) is 11.8 Å². The zero-order valence-electron chi connectivity index (χ0n) is 24.5. The zero-order chi connectivity index (χ0) is 30.9. The lowest BCUT2D eigenvalue weighted by molar-refractivity contribution is -0.123. The number of fused-ring (bicyclic) bond motifs is 1. The van der Waals surface area contributed by atoms with Crippen LogP contribution in [0.5, 0.6) is 5.75 Å². The van der Waals surface area contributed by atoms with Crippen molar-refractivity contribution >= 4 is 51.5 Å². The summed E-state index contributed by atoms with van der Waals surface area (Å²) in [5.41, 5.74) is 2.68. The molecule has 2 amide bonds. The highest BCUT2D eigenvalue weighted by Gasteiger charge is 2.16. The predicted octanol–water partition coefficient (Wildman–Crippen LogP) is 4.83. The molecule has 10 nitrogen and oxygen atoms in total. The molecule has 1 fully saturated rings. The highest BCUT2D eigenvalue weighted by molar-refractivity contribution is 6.32. The Hall–Kier alpha value is -4.32. The lowest BCUT2D eigenvalue weighted by Gasteiger charge is -2.31. The third-order valence-corrected chi connectivity index (χ3v) is 7.56. The van der Waals surface area contributed by atoms with Gasteiger partial charge in [-0.05, 0) is 67.6 Å². The molecule has 2 heterocycles. The molecule has 0 radical (unpaired) electrons. The smallest absolute Gasteiger partial charge is 0.234 e. The monoisotopic (exact) mass is 619 g/mol. The van der Waals surface area contributed by atoms with Crippen molar-refractivity contribution in [3.05, 3.63) is 83.4 Å². The summed E-state index contributed by atoms with van der Waals surface area (Å²) in [6, 6.07) is 16.9. The van der Waals surface area contributed by atoms with Gasteiger partial charge in [-0.1, -0.05) is 23.7 Å². The summed E-state index contributed by atoms with van der Waals surface area (Å²) in [4.78, 5) is 38.0. The summed E-state index contributed by atoms with van der Waals surface area (Å²) in [6.45, 7) is 4.70. The van der Waals surface area contributed by atoms with Gasteiger partial charge < -0.3 is 25.6 Å². The number of amides is 2. The van der Waals surface area contributed by atoms with Gasteiger partial charge in [-0.2, -0.15) is 0 Å². The maximum Gasteiger partial charge on any atom is 0.234 e. The van der Waals surface area contributed by atoms with Crippen molar-refractivity contribution in [1.29, 1.82) is 0 Å². The van der Waals surface area contributed by atoms with E-state index in [0.29, 0.717) is 63.9 Å². The van der Waals surface area contributed by atoms with Gasteiger partial charge in [0.1, 0.15) is 30.3 Å². The number of hydrogen-bond acceptors (Lipinski definition) is 8. The number of benzene rings is 3. The number of aromatic nitrogens is 2. The third kappa shape index (κ3) is 8.85. The molecule has 1 saturated heterocycles. The number of carbonyl (C=O) groups is 2. The van der Waals surface area contributed by atoms with E-state index in [2.05, 4.69) is 42.8 Å². The van der Waals surface area contributed by atoms with Crippen LogP contribution in [0.4, 0.5) is 21.6 Å². The van der Waals surface area contributed by atoms with Crippen molar-refractivity contribution in [2.24, 2.45) is 0 Å². The van der Waals surface area contributed by atoms with Crippen LogP contribution in [-0.2, 0) is 16.2 Å². The Kier molecular flexibility index (Phi) is 10.5. The van der Waals surface area contributed by atoms with E-state index < -0.39 is 0 Å². The SMILES string of the molecule is CN1CCN(CC(=O)NCCCC(=O)Nc2ccc3ncnc(Nc4ccc(OCc5cccc(F)c5)c(Cl)c4)c3c2)CC1. The Morgan fingerprint density at radius 3 is 2.59 bits per heavy atom. The second-order valence-electron chi connectivity index (χ2n) is 10.7. The molecule has 0 atom stereocenters. The molecule has 44 heavy (non-hydrogen) atoms. The van der Waals surface area contributed by atoms with Crippen molar-refractivity contribution < 1.29 is 18.7 Å². The lowest BCUT2D eigenvalue weighted by atomic mass is 10.2. The second kappa shape index (κ2) is 14.9. The fraction of sp³-hybridized carbons (Fsp3) is 0.312. The van der Waals surface area contributed by atoms with E-state index in [1.807, 2.05) is 12.1 Å². The number of carbonyl (C=O) groups excluding carboxylic acids is 2. The van der Waals surface area contributed by atoms with Crippen LogP contribution in [0.2, 0.25) is 5.02 Å². The molecule has 0 aliphatic carbocycles. The van der Waals surface area contributed by atoms with Crippen LogP contribution >= 0.6 is 11.6 Å². The maximum atomic E-state index is 13.5. The van der Waals surface area contributed by atoms with Crippen LogP contribution < -0.4 is 20.7 Å². The maximum absolute atomic E-state index is 13.5. The van der Waals surface area contributed by atoms with Crippen LogP contribution in [0.25, 0.3) is 10.9 Å². The number of nitrogens with zero attached hydrogens (tertiary/aromatic N) is 4. The molecule has 3 aromatic carbocycles. The first-order valence-corrected chi connectivity index (χ1v) is 14.9. The summed E-state index contributed by atoms with van der Waals surface area (Å²) < 4.78 is 19.2. The van der Waals surface area contributed by atoms with E-state index >= 15 is 0 Å². The summed E-state index contributed by atoms with van der Waals surface area (Å²) in [5.74, 6) is 0.517. The van der Waals surface area contributed by atoms with Gasteiger partial charge in [-0.15, -0.1) is 0 Å². The highest BCUT2D eigenvalue weighted by atomic mass is 35.5. The Labute approximate surface area is 260 Å². The summed E-state index contributed by atoms with van der Waals surface area (Å²) in [6.07, 6.45) is 2.26. The van der Waals surface area contributed by atoms with Crippen LogP contribution in [-0.4, -0.2) is 77.9 Å². The van der Waals surface area contributed by atoms with Gasteiger partial charge in [0, 0.05) is 55.9 Å². The molecule has 0 saturated carbocycles. The van der Waals surface area contributed by atoms with Crippen molar-refractivity contribution in [3.8, 4) is 5.75 Å². The fourth-order valence-corrected chi connectivity index (χ4v) is 5.05. The van der Waals surface area contributed by atoms with E-state index in [9.17, 15) is 14.0 Å². The van der Waals surface area contributed by atoms with Gasteiger partial charge in [0.15, 0.2) is 0 Å². The molecule has 230 valence electrons. The molecular weight excluding hydrogens is 585 g/mol. The van der Waals surface area contributed by atoms with E-state index in [1.54, 1.807) is 36.4 Å². The molecule has 0 spiro atoms. The Balaban J connectivity index is 1.13. The van der Waals surface area contributed by atoms with E-state index in [-0.39, 0.29) is 30.7 Å². The van der Waals surface area contributed by atoms with E-state index in [1.165, 1.54) is 18.5 Å². The number of nitrogens with one attached hydrogen (secondary N) is 3. The van der Waals surface area contributed by atoms with Gasteiger partial charge >= 0.3 is 0 Å². The number of likely N-dealkylation sites (N-methyl/N-ethyl adjacent to an activating group) is 1. The minimum Gasteiger partial charge on any atom is -0.487 e. The average molecular weight is 620 g/mol. The second-order valence-corrected chi connectivity index (χ2v) is 11.1. The highest BCUT2D eigenvalue weighted by Crippen LogP contribution is 2.31. The van der Waals surface area contributed by atoms with Gasteiger partial charge in [-0.25, -0.2) is 14.4 Å². The van der Waals surface area contributed by atoms with Crippen LogP contribution in [0.3, 0.4) is 0 Å². The molecule has 4 aromatic rings. The minimum atomic E-state index is -0.325. The topological polar surface area (TPSA) is 112 Å². The van der Waals surface area contributed by atoms with Crippen LogP contribution in [0.15, 0.2) is 67.0 Å². The normalized spacial score (nSPS) is 13.9. The van der Waals surface area contributed by atoms with Gasteiger partial charge in [-0.3, -0.25) is 14.5 Å². The quantitative estimate of drug-likeness (QED) is 0.194. The molecule has 5 rings (SSSR count). The van der Waals surface area contributed by atoms with Gasteiger partial charge in [0.05, 0.1) is 17.1 Å². The standard InChI is InChI=1S/C32H35ClFN7O3/c1-40-12-14-41(15-13-40)19-31(43)35-11-3-6-30(42)38-24-7-9-28-26(17-24)32(37-21-36-28)39-25-8-10-29(27(33)18-25)44-20-22-4-2-5-23(34)16-22/h2,4-5,7-10,16-18,21H,3,6,11-15,19-20H2,1H3,(H,35,43)(H,38,42)(H,36,37,39). The largest absolute Gasteiger partial charge is 0.487 e. The summed E-state index contributed by atoms with van der Waals surface area (Å²) >= 11 is 6.47. The molecule has 3 N–H and O–H groups in total. The molecule has 1 aromatic heterocycles. The minimum absolute atomic E-state index is 0.0168. The lowest BCUT2D eigenvalue weighted by Crippen LogP contribution is -2.48. The number of piperazine rings is 1. The van der Waals surface area contributed by atoms with Crippen molar-refractivity contribution in [2.45, 2.75) is 19.4 Å². The molecule has 0 bridgehead atoms. The number of ether oxygens (including phenoxy) is 1. The first kappa shape index (κ1) is 31.1. The van der Waals surface area contributed by atoms with Crippen molar-refractivity contribution in [1.82, 2.24) is 25.1 Å². The van der Waals surface area contributed by atoms with E-state index in [0.717, 1.165) is 26.2 Å². The number of anilines is 3. The molecule has 1 aliphatic rings. The number of halogens is 2. The molecule has 1 aliphatic heterocycles. The molecular formula is C32H35ClFN7O3. The van der Waals surface area contributed by atoms with Crippen LogP contribution in [0.1, 0.15) is 18.4 Å². The van der Waals surface area contributed by atoms with E-state index in [4.69, 9.17) is 16.3 Å². The number of hydrogen-bond donors (Lipinski definition) is 3. The van der Waals surface area contributed by atoms with Crippen molar-refractivity contribution in [3.63, 3.8) is 0 Å². The van der Waals surface area contributed by atoms with Crippen molar-refractivity contribution in [2.75, 3.05) is 56.9 Å². The van der Waals surface area contributed by atoms with Gasteiger partial charge in [0.25, 0.3) is 0 Å². The third-order valence-electron chi connectivity index (χ3n) is 7.26. The molecule has 12 heteroatoms. The summed E-state index contributed by atoms with van der Waals surface area (Å²) in [7, 11) is 2.08. The Morgan fingerprint density at radius 2 is 1.80 bits per heavy atom. The number of rotatable bonds is 12.